The number of rotatable bonds is 6. The highest BCUT2D eigenvalue weighted by molar-refractivity contribution is 6.30. The fourth-order valence-electron chi connectivity index (χ4n) is 2.88. The molecule has 1 amide bonds. The molecule has 0 bridgehead atoms. The lowest BCUT2D eigenvalue weighted by atomic mass is 9.91. The van der Waals surface area contributed by atoms with Crippen LogP contribution in [-0.2, 0) is 11.2 Å². The topological polar surface area (TPSA) is 45.2 Å². The Hall–Kier alpha value is -2.85. The monoisotopic (exact) mass is 379 g/mol. The average molecular weight is 380 g/mol. The van der Waals surface area contributed by atoms with Gasteiger partial charge in [-0.2, -0.15) is 0 Å². The van der Waals surface area contributed by atoms with Crippen LogP contribution in [0.25, 0.3) is 0 Å². The van der Waals surface area contributed by atoms with Crippen molar-refractivity contribution in [2.75, 3.05) is 24.3 Å². The predicted octanol–water partition coefficient (Wildman–Crippen LogP) is 4.77. The highest BCUT2D eigenvalue weighted by atomic mass is 35.5. The van der Waals surface area contributed by atoms with Crippen molar-refractivity contribution < 1.29 is 4.79 Å². The Morgan fingerprint density at radius 3 is 2.37 bits per heavy atom. The normalized spacial score (nSPS) is 11.7. The van der Waals surface area contributed by atoms with Crippen LogP contribution in [0, 0.1) is 0 Å². The van der Waals surface area contributed by atoms with Gasteiger partial charge in [-0.3, -0.25) is 9.78 Å². The second kappa shape index (κ2) is 8.69. The van der Waals surface area contributed by atoms with Crippen LogP contribution in [0.1, 0.15) is 17.0 Å². The minimum atomic E-state index is -0.333. The standard InChI is InChI=1S/C22H22ClN3O/c1-26(2)20-11-9-19(10-12-20)25-22(27)21(14-16-4-3-13-24-15-16)17-5-7-18(23)8-6-17/h3-13,15,21H,14H2,1-2H3,(H,25,27). The Morgan fingerprint density at radius 2 is 1.78 bits per heavy atom. The number of hydrogen-bond donors (Lipinski definition) is 1. The molecule has 1 heterocycles. The van der Waals surface area contributed by atoms with Gasteiger partial charge >= 0.3 is 0 Å². The molecule has 0 fully saturated rings. The van der Waals surface area contributed by atoms with Crippen LogP contribution in [-0.4, -0.2) is 25.0 Å². The second-order valence-corrected chi connectivity index (χ2v) is 7.04. The third kappa shape index (κ3) is 5.08. The summed E-state index contributed by atoms with van der Waals surface area (Å²) in [6.45, 7) is 0. The molecule has 138 valence electrons. The molecule has 0 aliphatic carbocycles. The van der Waals surface area contributed by atoms with Gasteiger partial charge in [0.25, 0.3) is 0 Å². The SMILES string of the molecule is CN(C)c1ccc(NC(=O)C(Cc2cccnc2)c2ccc(Cl)cc2)cc1. The van der Waals surface area contributed by atoms with Crippen LogP contribution in [0.15, 0.2) is 73.1 Å². The zero-order chi connectivity index (χ0) is 19.2. The van der Waals surface area contributed by atoms with E-state index in [1.165, 1.54) is 0 Å². The Morgan fingerprint density at radius 1 is 1.07 bits per heavy atom. The molecule has 0 saturated carbocycles. The number of nitrogens with zero attached hydrogens (tertiary/aromatic N) is 2. The van der Waals surface area contributed by atoms with E-state index in [4.69, 9.17) is 11.6 Å². The largest absolute Gasteiger partial charge is 0.378 e. The molecule has 0 radical (unpaired) electrons. The van der Waals surface area contributed by atoms with E-state index in [1.54, 1.807) is 12.4 Å². The Balaban J connectivity index is 1.82. The number of aromatic nitrogens is 1. The van der Waals surface area contributed by atoms with Gasteiger partial charge in [0.1, 0.15) is 0 Å². The molecule has 3 rings (SSSR count). The Labute approximate surface area is 164 Å². The molecule has 1 aromatic heterocycles. The number of carbonyl (C=O) groups excluding carboxylic acids is 1. The molecule has 1 N–H and O–H groups in total. The molecular weight excluding hydrogens is 358 g/mol. The fourth-order valence-corrected chi connectivity index (χ4v) is 3.01. The van der Waals surface area contributed by atoms with Crippen LogP contribution < -0.4 is 10.2 Å². The van der Waals surface area contributed by atoms with Gasteiger partial charge < -0.3 is 10.2 Å². The fraction of sp³-hybridized carbons (Fsp3) is 0.182. The third-order valence-corrected chi connectivity index (χ3v) is 4.65. The molecular formula is C22H22ClN3O. The number of hydrogen-bond acceptors (Lipinski definition) is 3. The first kappa shape index (κ1) is 18.9. The maximum absolute atomic E-state index is 13.0. The first-order valence-corrected chi connectivity index (χ1v) is 9.13. The molecule has 0 aliphatic heterocycles. The maximum Gasteiger partial charge on any atom is 0.232 e. The highest BCUT2D eigenvalue weighted by Crippen LogP contribution is 2.25. The molecule has 3 aromatic rings. The van der Waals surface area contributed by atoms with Crippen LogP contribution in [0.4, 0.5) is 11.4 Å². The van der Waals surface area contributed by atoms with Crippen LogP contribution in [0.5, 0.6) is 0 Å². The number of benzene rings is 2. The Kier molecular flexibility index (Phi) is 6.09. The van der Waals surface area contributed by atoms with Gasteiger partial charge in [0.2, 0.25) is 5.91 Å². The lowest BCUT2D eigenvalue weighted by Gasteiger charge is -2.18. The minimum absolute atomic E-state index is 0.0567. The predicted molar refractivity (Wildman–Crippen MR) is 112 cm³/mol. The van der Waals surface area contributed by atoms with E-state index in [0.29, 0.717) is 11.4 Å². The van der Waals surface area contributed by atoms with Crippen LogP contribution in [0.2, 0.25) is 5.02 Å². The summed E-state index contributed by atoms with van der Waals surface area (Å²) in [7, 11) is 3.97. The van der Waals surface area contributed by atoms with Crippen molar-refractivity contribution in [2.24, 2.45) is 0 Å². The van der Waals surface area contributed by atoms with Gasteiger partial charge in [0.15, 0.2) is 0 Å². The zero-order valence-electron chi connectivity index (χ0n) is 15.4. The van der Waals surface area contributed by atoms with Crippen LogP contribution >= 0.6 is 11.6 Å². The first-order valence-electron chi connectivity index (χ1n) is 8.75. The molecule has 4 nitrogen and oxygen atoms in total. The molecule has 0 spiro atoms. The molecule has 1 unspecified atom stereocenters. The number of anilines is 2. The number of amides is 1. The molecule has 0 aliphatic rings. The number of halogens is 1. The van der Waals surface area contributed by atoms with E-state index in [2.05, 4.69) is 10.3 Å². The molecule has 0 saturated heterocycles. The van der Waals surface area contributed by atoms with E-state index >= 15 is 0 Å². The lowest BCUT2D eigenvalue weighted by Crippen LogP contribution is -2.23. The quantitative estimate of drug-likeness (QED) is 0.671. The highest BCUT2D eigenvalue weighted by Gasteiger charge is 2.21. The van der Waals surface area contributed by atoms with E-state index in [1.807, 2.05) is 79.7 Å². The van der Waals surface area contributed by atoms with Crippen molar-refractivity contribution in [3.63, 3.8) is 0 Å². The van der Waals surface area contributed by atoms with Gasteiger partial charge in [-0.15, -0.1) is 0 Å². The van der Waals surface area contributed by atoms with Crippen LogP contribution in [0.3, 0.4) is 0 Å². The van der Waals surface area contributed by atoms with Gasteiger partial charge in [-0.1, -0.05) is 29.8 Å². The summed E-state index contributed by atoms with van der Waals surface area (Å²) in [6.07, 6.45) is 4.09. The zero-order valence-corrected chi connectivity index (χ0v) is 16.1. The van der Waals surface area contributed by atoms with Crippen molar-refractivity contribution in [3.05, 3.63) is 89.2 Å². The summed E-state index contributed by atoms with van der Waals surface area (Å²) in [5, 5.41) is 3.68. The summed E-state index contributed by atoms with van der Waals surface area (Å²) in [4.78, 5) is 19.2. The van der Waals surface area contributed by atoms with Crippen molar-refractivity contribution in [1.82, 2.24) is 4.98 Å². The van der Waals surface area contributed by atoms with Crippen molar-refractivity contribution in [2.45, 2.75) is 12.3 Å². The minimum Gasteiger partial charge on any atom is -0.378 e. The van der Waals surface area contributed by atoms with E-state index in [0.717, 1.165) is 22.5 Å². The number of pyridine rings is 1. The number of carbonyl (C=O) groups is 1. The summed E-state index contributed by atoms with van der Waals surface area (Å²) in [5.41, 5.74) is 3.79. The lowest BCUT2D eigenvalue weighted by molar-refractivity contribution is -0.117. The second-order valence-electron chi connectivity index (χ2n) is 6.60. The third-order valence-electron chi connectivity index (χ3n) is 4.40. The molecule has 2 aromatic carbocycles. The summed E-state index contributed by atoms with van der Waals surface area (Å²) >= 11 is 6.01. The van der Waals surface area contributed by atoms with E-state index in [9.17, 15) is 4.79 Å². The molecule has 1 atom stereocenters. The van der Waals surface area contributed by atoms with Crippen molar-refractivity contribution >= 4 is 28.9 Å². The van der Waals surface area contributed by atoms with Gasteiger partial charge in [0.05, 0.1) is 5.92 Å². The van der Waals surface area contributed by atoms with Crippen molar-refractivity contribution in [1.29, 1.82) is 0 Å². The first-order chi connectivity index (χ1) is 13.0. The van der Waals surface area contributed by atoms with Gasteiger partial charge in [-0.05, 0) is 60.0 Å². The van der Waals surface area contributed by atoms with E-state index < -0.39 is 0 Å². The summed E-state index contributed by atoms with van der Waals surface area (Å²) in [6, 6.07) is 19.1. The molecule has 5 heteroatoms. The number of nitrogens with one attached hydrogen (secondary N) is 1. The average Bonchev–Trinajstić information content (AvgIpc) is 2.68. The van der Waals surface area contributed by atoms with Gasteiger partial charge in [-0.25, -0.2) is 0 Å². The van der Waals surface area contributed by atoms with Crippen molar-refractivity contribution in [3.8, 4) is 0 Å². The Bertz CT molecular complexity index is 878. The summed E-state index contributed by atoms with van der Waals surface area (Å²) in [5.74, 6) is -0.390. The van der Waals surface area contributed by atoms with E-state index in [-0.39, 0.29) is 11.8 Å². The summed E-state index contributed by atoms with van der Waals surface area (Å²) < 4.78 is 0. The van der Waals surface area contributed by atoms with Gasteiger partial charge in [0, 0.05) is 42.9 Å². The smallest absolute Gasteiger partial charge is 0.232 e. The molecule has 27 heavy (non-hydrogen) atoms. The maximum atomic E-state index is 13.0.